The third kappa shape index (κ3) is 4.07. The lowest BCUT2D eigenvalue weighted by Gasteiger charge is -2.17. The van der Waals surface area contributed by atoms with Gasteiger partial charge in [0.05, 0.1) is 0 Å². The molecule has 4 N–H and O–H groups in total. The van der Waals surface area contributed by atoms with Crippen molar-refractivity contribution in [2.24, 2.45) is 5.73 Å². The topological polar surface area (TPSA) is 75.3 Å². The zero-order valence-corrected chi connectivity index (χ0v) is 10.9. The number of primary amides is 1. The summed E-state index contributed by atoms with van der Waals surface area (Å²) in [5.41, 5.74) is 5.76. The summed E-state index contributed by atoms with van der Waals surface area (Å²) in [4.78, 5) is 10.6. The molecule has 0 fully saturated rings. The van der Waals surface area contributed by atoms with Gasteiger partial charge in [0.25, 0.3) is 0 Å². The number of carbonyl (C=O) groups is 1. The van der Waals surface area contributed by atoms with Crippen LogP contribution in [0.5, 0.6) is 0 Å². The molecule has 6 heteroatoms. The smallest absolute Gasteiger partial charge is 0.247 e. The third-order valence-corrected chi connectivity index (χ3v) is 3.06. The Hall–Kier alpha value is -0.980. The van der Waals surface area contributed by atoms with Gasteiger partial charge < -0.3 is 16.2 Å². The number of nitrogens with two attached hydrogens (primary N) is 1. The van der Waals surface area contributed by atoms with Crippen molar-refractivity contribution in [1.29, 1.82) is 0 Å². The van der Waals surface area contributed by atoms with Crippen molar-refractivity contribution < 1.29 is 14.3 Å². The van der Waals surface area contributed by atoms with Crippen LogP contribution in [-0.2, 0) is 4.79 Å². The molecule has 0 aliphatic rings. The first-order chi connectivity index (χ1) is 7.91. The van der Waals surface area contributed by atoms with Crippen molar-refractivity contribution in [1.82, 2.24) is 5.32 Å². The van der Waals surface area contributed by atoms with Crippen LogP contribution in [0.15, 0.2) is 22.7 Å². The second kappa shape index (κ2) is 6.09. The van der Waals surface area contributed by atoms with Gasteiger partial charge in [-0.25, -0.2) is 4.39 Å². The quantitative estimate of drug-likeness (QED) is 0.762. The summed E-state index contributed by atoms with van der Waals surface area (Å²) in [6, 6.07) is 4.20. The molecule has 1 aromatic carbocycles. The summed E-state index contributed by atoms with van der Waals surface area (Å²) in [6.07, 6.45) is -1.23. The maximum atomic E-state index is 12.9. The monoisotopic (exact) mass is 304 g/mol. The minimum Gasteiger partial charge on any atom is -0.382 e. The van der Waals surface area contributed by atoms with Crippen LogP contribution >= 0.6 is 15.9 Å². The fourth-order valence-electron chi connectivity index (χ4n) is 1.35. The third-order valence-electron chi connectivity index (χ3n) is 2.37. The van der Waals surface area contributed by atoms with Gasteiger partial charge in [-0.2, -0.15) is 0 Å². The Balaban J connectivity index is 2.64. The van der Waals surface area contributed by atoms with Crippen LogP contribution in [0.4, 0.5) is 4.39 Å². The van der Waals surface area contributed by atoms with Gasteiger partial charge in [0, 0.05) is 17.1 Å². The number of carbonyl (C=O) groups excluding carboxylic acids is 1. The predicted molar refractivity (Wildman–Crippen MR) is 65.7 cm³/mol. The van der Waals surface area contributed by atoms with Crippen molar-refractivity contribution in [3.63, 3.8) is 0 Å². The molecule has 94 valence electrons. The number of hydrogen-bond donors (Lipinski definition) is 3. The largest absolute Gasteiger partial charge is 0.382 e. The number of rotatable bonds is 5. The van der Waals surface area contributed by atoms with Crippen LogP contribution in [-0.4, -0.2) is 23.7 Å². The second-order valence-electron chi connectivity index (χ2n) is 3.71. The van der Waals surface area contributed by atoms with Crippen molar-refractivity contribution in [3.05, 3.63) is 34.1 Å². The maximum Gasteiger partial charge on any atom is 0.247 e. The van der Waals surface area contributed by atoms with Crippen molar-refractivity contribution in [2.45, 2.75) is 19.1 Å². The van der Waals surface area contributed by atoms with Gasteiger partial charge in [0.2, 0.25) is 5.91 Å². The molecule has 2 unspecified atom stereocenters. The van der Waals surface area contributed by atoms with E-state index in [2.05, 4.69) is 21.2 Å². The minimum atomic E-state index is -1.23. The standard InChI is InChI=1S/C11H14BrFN2O2/c1-6(15-5-10(16)11(14)17)8-3-2-7(13)4-9(8)12/h2-4,6,10,15-16H,5H2,1H3,(H2,14,17). The van der Waals surface area contributed by atoms with E-state index in [-0.39, 0.29) is 18.4 Å². The van der Waals surface area contributed by atoms with E-state index in [0.717, 1.165) is 5.56 Å². The molecule has 2 atom stereocenters. The summed E-state index contributed by atoms with van der Waals surface area (Å²) in [6.45, 7) is 1.89. The second-order valence-corrected chi connectivity index (χ2v) is 4.57. The highest BCUT2D eigenvalue weighted by Crippen LogP contribution is 2.23. The van der Waals surface area contributed by atoms with Gasteiger partial charge in [-0.3, -0.25) is 4.79 Å². The molecule has 0 bridgehead atoms. The number of nitrogens with one attached hydrogen (secondary N) is 1. The van der Waals surface area contributed by atoms with Crippen LogP contribution in [0.2, 0.25) is 0 Å². The number of halogens is 2. The van der Waals surface area contributed by atoms with E-state index in [4.69, 9.17) is 5.73 Å². The molecule has 0 aliphatic heterocycles. The molecular formula is C11H14BrFN2O2. The van der Waals surface area contributed by atoms with Gasteiger partial charge in [-0.15, -0.1) is 0 Å². The fraction of sp³-hybridized carbons (Fsp3) is 0.364. The van der Waals surface area contributed by atoms with E-state index in [9.17, 15) is 14.3 Å². The number of amides is 1. The van der Waals surface area contributed by atoms with Crippen LogP contribution in [0.1, 0.15) is 18.5 Å². The SMILES string of the molecule is CC(NCC(O)C(N)=O)c1ccc(F)cc1Br. The molecule has 0 saturated carbocycles. The van der Waals surface area contributed by atoms with Crippen LogP contribution in [0.25, 0.3) is 0 Å². The Bertz CT molecular complexity index is 414. The molecule has 4 nitrogen and oxygen atoms in total. The average Bonchev–Trinajstić information content (AvgIpc) is 2.25. The molecule has 1 rings (SSSR count). The molecule has 1 amide bonds. The van der Waals surface area contributed by atoms with Crippen molar-refractivity contribution >= 4 is 21.8 Å². The normalized spacial score (nSPS) is 14.4. The first kappa shape index (κ1) is 14.1. The lowest BCUT2D eigenvalue weighted by atomic mass is 10.1. The molecule has 0 heterocycles. The summed E-state index contributed by atoms with van der Waals surface area (Å²) in [7, 11) is 0. The molecule has 0 saturated heterocycles. The minimum absolute atomic E-state index is 0.0559. The number of hydrogen-bond acceptors (Lipinski definition) is 3. The van der Waals surface area contributed by atoms with Gasteiger partial charge in [-0.05, 0) is 24.6 Å². The van der Waals surface area contributed by atoms with Crippen LogP contribution in [0, 0.1) is 5.82 Å². The first-order valence-electron chi connectivity index (χ1n) is 5.07. The van der Waals surface area contributed by atoms with Gasteiger partial charge in [-0.1, -0.05) is 22.0 Å². The highest BCUT2D eigenvalue weighted by molar-refractivity contribution is 9.10. The molecule has 17 heavy (non-hydrogen) atoms. The van der Waals surface area contributed by atoms with Gasteiger partial charge in [0.15, 0.2) is 0 Å². The van der Waals surface area contributed by atoms with Gasteiger partial charge >= 0.3 is 0 Å². The Kier molecular flexibility index (Phi) is 5.04. The maximum absolute atomic E-state index is 12.9. The molecule has 0 radical (unpaired) electrons. The first-order valence-corrected chi connectivity index (χ1v) is 5.87. The van der Waals surface area contributed by atoms with Crippen molar-refractivity contribution in [3.8, 4) is 0 Å². The van der Waals surface area contributed by atoms with E-state index >= 15 is 0 Å². The average molecular weight is 305 g/mol. The summed E-state index contributed by atoms with van der Waals surface area (Å²) >= 11 is 3.25. The van der Waals surface area contributed by atoms with Gasteiger partial charge in [0.1, 0.15) is 11.9 Å². The molecular weight excluding hydrogens is 291 g/mol. The zero-order chi connectivity index (χ0) is 13.0. The summed E-state index contributed by atoms with van der Waals surface area (Å²) in [5, 5.41) is 12.2. The highest BCUT2D eigenvalue weighted by Gasteiger charge is 2.14. The number of aliphatic hydroxyl groups excluding tert-OH is 1. The zero-order valence-electron chi connectivity index (χ0n) is 9.28. The fourth-order valence-corrected chi connectivity index (χ4v) is 2.05. The Morgan fingerprint density at radius 2 is 2.29 bits per heavy atom. The summed E-state index contributed by atoms with van der Waals surface area (Å²) < 4.78 is 13.5. The Morgan fingerprint density at radius 3 is 2.82 bits per heavy atom. The Morgan fingerprint density at radius 1 is 1.65 bits per heavy atom. The summed E-state index contributed by atoms with van der Waals surface area (Å²) in [5.74, 6) is -1.10. The Labute approximate surface area is 107 Å². The molecule has 0 aromatic heterocycles. The molecule has 0 spiro atoms. The van der Waals surface area contributed by atoms with E-state index in [1.807, 2.05) is 6.92 Å². The number of aliphatic hydroxyl groups is 1. The molecule has 0 aliphatic carbocycles. The number of benzene rings is 1. The van der Waals surface area contributed by atoms with E-state index in [0.29, 0.717) is 4.47 Å². The van der Waals surface area contributed by atoms with Crippen molar-refractivity contribution in [2.75, 3.05) is 6.54 Å². The van der Waals surface area contributed by atoms with Crippen LogP contribution in [0.3, 0.4) is 0 Å². The lowest BCUT2D eigenvalue weighted by Crippen LogP contribution is -2.38. The van der Waals surface area contributed by atoms with E-state index < -0.39 is 12.0 Å². The highest BCUT2D eigenvalue weighted by atomic mass is 79.9. The van der Waals surface area contributed by atoms with E-state index in [1.54, 1.807) is 6.07 Å². The molecule has 1 aromatic rings. The van der Waals surface area contributed by atoms with E-state index in [1.165, 1.54) is 12.1 Å². The lowest BCUT2D eigenvalue weighted by molar-refractivity contribution is -0.125. The van der Waals surface area contributed by atoms with Crippen LogP contribution < -0.4 is 11.1 Å². The predicted octanol–water partition coefficient (Wildman–Crippen LogP) is 1.09.